The minimum Gasteiger partial charge on any atom is -0.493 e. The molecule has 0 aliphatic rings. The second-order valence-electron chi connectivity index (χ2n) is 6.23. The van der Waals surface area contributed by atoms with Crippen LogP contribution in [-0.4, -0.2) is 36.6 Å². The predicted octanol–water partition coefficient (Wildman–Crippen LogP) is 2.08. The van der Waals surface area contributed by atoms with Crippen molar-refractivity contribution in [2.75, 3.05) is 13.2 Å². The zero-order valence-electron chi connectivity index (χ0n) is 16.0. The van der Waals surface area contributed by atoms with Gasteiger partial charge in [0, 0.05) is 5.02 Å². The number of esters is 1. The molecule has 0 aliphatic carbocycles. The van der Waals surface area contributed by atoms with E-state index in [0.29, 0.717) is 9.72 Å². The lowest BCUT2D eigenvalue weighted by Crippen LogP contribution is -2.34. The molecule has 162 valence electrons. The summed E-state index contributed by atoms with van der Waals surface area (Å²) in [5.74, 6) is -0.140. The van der Waals surface area contributed by atoms with Crippen LogP contribution in [0.3, 0.4) is 0 Å². The molecule has 0 saturated carbocycles. The third-order valence-corrected chi connectivity index (χ3v) is 6.07. The summed E-state index contributed by atoms with van der Waals surface area (Å²) in [4.78, 5) is 37.6. The van der Waals surface area contributed by atoms with Gasteiger partial charge in [0.05, 0.1) is 28.8 Å². The molecule has 1 aromatic heterocycles. The number of benzene rings is 2. The zero-order chi connectivity index (χ0) is 22.6. The van der Waals surface area contributed by atoms with Gasteiger partial charge in [0.2, 0.25) is 0 Å². The van der Waals surface area contributed by atoms with E-state index in [1.165, 1.54) is 48.5 Å². The monoisotopic (exact) mass is 464 g/mol. The number of H-pyrrole nitrogens is 1. The van der Waals surface area contributed by atoms with E-state index < -0.39 is 27.2 Å². The fraction of sp³-hybridized carbons (Fsp3) is 0.150. The topological polar surface area (TPSA) is 125 Å². The zero-order valence-corrected chi connectivity index (χ0v) is 17.6. The third kappa shape index (κ3) is 4.86. The highest BCUT2D eigenvalue weighted by Crippen LogP contribution is 2.22. The first kappa shape index (κ1) is 22.3. The maximum Gasteiger partial charge on any atom is 0.343 e. The number of aromatic nitrogens is 2. The molecule has 1 heterocycles. The standard InChI is InChI=1S/C20H17ClN2O7S/c1-2-10-30-18(24)9-11-29-14-4-6-15(7-5-14)31(27,28)23-17-12-13(21)3-8-16(17)19(25)22-20(23)26/h2-8,12H,1,9-11H2,(H,22,25,26). The van der Waals surface area contributed by atoms with Crippen LogP contribution in [0.4, 0.5) is 0 Å². The number of carbonyl (C=O) groups is 1. The average Bonchev–Trinajstić information content (AvgIpc) is 2.72. The fourth-order valence-electron chi connectivity index (χ4n) is 2.72. The van der Waals surface area contributed by atoms with Crippen molar-refractivity contribution in [3.63, 3.8) is 0 Å². The number of hydrogen-bond donors (Lipinski definition) is 1. The van der Waals surface area contributed by atoms with Crippen LogP contribution in [0.15, 0.2) is 69.6 Å². The molecule has 0 fully saturated rings. The van der Waals surface area contributed by atoms with Gasteiger partial charge in [-0.3, -0.25) is 14.6 Å². The van der Waals surface area contributed by atoms with E-state index in [1.807, 2.05) is 4.98 Å². The Hall–Kier alpha value is -3.37. The van der Waals surface area contributed by atoms with Crippen LogP contribution < -0.4 is 16.0 Å². The molecule has 1 N–H and O–H groups in total. The molecule has 0 bridgehead atoms. The first-order valence-corrected chi connectivity index (χ1v) is 10.8. The van der Waals surface area contributed by atoms with Crippen molar-refractivity contribution < 1.29 is 22.7 Å². The van der Waals surface area contributed by atoms with E-state index >= 15 is 0 Å². The van der Waals surface area contributed by atoms with E-state index in [9.17, 15) is 22.8 Å². The van der Waals surface area contributed by atoms with Crippen molar-refractivity contribution in [2.45, 2.75) is 11.3 Å². The lowest BCUT2D eigenvalue weighted by atomic mass is 10.2. The number of fused-ring (bicyclic) bond motifs is 1. The van der Waals surface area contributed by atoms with E-state index in [4.69, 9.17) is 21.1 Å². The normalized spacial score (nSPS) is 11.3. The second-order valence-corrected chi connectivity index (χ2v) is 8.45. The number of aromatic amines is 1. The van der Waals surface area contributed by atoms with Crippen LogP contribution in [0.5, 0.6) is 5.75 Å². The first-order valence-electron chi connectivity index (χ1n) is 8.93. The Morgan fingerprint density at radius 3 is 2.55 bits per heavy atom. The lowest BCUT2D eigenvalue weighted by molar-refractivity contribution is -0.142. The van der Waals surface area contributed by atoms with Crippen LogP contribution in [0.25, 0.3) is 10.9 Å². The maximum absolute atomic E-state index is 13.1. The van der Waals surface area contributed by atoms with Crippen molar-refractivity contribution >= 4 is 38.5 Å². The van der Waals surface area contributed by atoms with Gasteiger partial charge in [-0.05, 0) is 42.5 Å². The molecule has 0 amide bonds. The summed E-state index contributed by atoms with van der Waals surface area (Å²) in [6, 6.07) is 9.23. The van der Waals surface area contributed by atoms with Crippen LogP contribution in [0, 0.1) is 0 Å². The van der Waals surface area contributed by atoms with Gasteiger partial charge in [-0.2, -0.15) is 3.97 Å². The molecule has 2 aromatic carbocycles. The van der Waals surface area contributed by atoms with Gasteiger partial charge in [-0.15, -0.1) is 0 Å². The molecule has 0 spiro atoms. The molecule has 3 rings (SSSR count). The Bertz CT molecular complexity index is 1360. The summed E-state index contributed by atoms with van der Waals surface area (Å²) in [6.45, 7) is 3.58. The summed E-state index contributed by atoms with van der Waals surface area (Å²) in [6.07, 6.45) is 1.45. The van der Waals surface area contributed by atoms with E-state index in [1.54, 1.807) is 0 Å². The average molecular weight is 465 g/mol. The minimum absolute atomic E-state index is 0.00383. The molecule has 0 unspecified atom stereocenters. The highest BCUT2D eigenvalue weighted by Gasteiger charge is 2.22. The molecule has 9 nitrogen and oxygen atoms in total. The van der Waals surface area contributed by atoms with E-state index in [-0.39, 0.29) is 40.5 Å². The summed E-state index contributed by atoms with van der Waals surface area (Å²) in [7, 11) is -4.35. The molecular formula is C20H17ClN2O7S. The second kappa shape index (κ2) is 9.19. The van der Waals surface area contributed by atoms with Crippen molar-refractivity contribution in [3.05, 3.63) is 81.0 Å². The van der Waals surface area contributed by atoms with Gasteiger partial charge < -0.3 is 9.47 Å². The number of nitrogens with one attached hydrogen (secondary N) is 1. The Morgan fingerprint density at radius 2 is 1.87 bits per heavy atom. The maximum atomic E-state index is 13.1. The van der Waals surface area contributed by atoms with Crippen LogP contribution in [0.2, 0.25) is 5.02 Å². The highest BCUT2D eigenvalue weighted by atomic mass is 35.5. The Morgan fingerprint density at radius 1 is 1.16 bits per heavy atom. The van der Waals surface area contributed by atoms with Gasteiger partial charge in [0.1, 0.15) is 12.4 Å². The first-order chi connectivity index (χ1) is 14.7. The Balaban J connectivity index is 1.88. The van der Waals surface area contributed by atoms with Gasteiger partial charge >= 0.3 is 11.7 Å². The van der Waals surface area contributed by atoms with Crippen LogP contribution >= 0.6 is 11.6 Å². The fourth-order valence-corrected chi connectivity index (χ4v) is 4.25. The smallest absolute Gasteiger partial charge is 0.343 e. The van der Waals surface area contributed by atoms with Crippen molar-refractivity contribution in [1.82, 2.24) is 8.96 Å². The van der Waals surface area contributed by atoms with Gasteiger partial charge in [0.25, 0.3) is 15.6 Å². The Kier molecular flexibility index (Phi) is 6.62. The summed E-state index contributed by atoms with van der Waals surface area (Å²) < 4.78 is 36.9. The van der Waals surface area contributed by atoms with E-state index in [2.05, 4.69) is 6.58 Å². The molecule has 3 aromatic rings. The lowest BCUT2D eigenvalue weighted by Gasteiger charge is -2.12. The molecule has 0 aliphatic heterocycles. The van der Waals surface area contributed by atoms with Gasteiger partial charge in [-0.25, -0.2) is 13.2 Å². The molecule has 0 atom stereocenters. The van der Waals surface area contributed by atoms with Crippen LogP contribution in [0.1, 0.15) is 6.42 Å². The van der Waals surface area contributed by atoms with Crippen molar-refractivity contribution in [3.8, 4) is 5.75 Å². The number of ether oxygens (including phenoxy) is 2. The summed E-state index contributed by atoms with van der Waals surface area (Å²) in [5.41, 5.74) is -1.98. The SMILES string of the molecule is C=CCOC(=O)CCOc1ccc(S(=O)(=O)n2c(=O)[nH]c(=O)c3ccc(Cl)cc32)cc1. The van der Waals surface area contributed by atoms with Crippen LogP contribution in [-0.2, 0) is 19.6 Å². The molecule has 11 heteroatoms. The summed E-state index contributed by atoms with van der Waals surface area (Å²) in [5, 5.41) is 0.160. The van der Waals surface area contributed by atoms with E-state index in [0.717, 1.165) is 0 Å². The Labute approximate surface area is 181 Å². The molecule has 0 radical (unpaired) electrons. The van der Waals surface area contributed by atoms with Crippen molar-refractivity contribution in [1.29, 1.82) is 0 Å². The number of hydrogen-bond acceptors (Lipinski definition) is 7. The van der Waals surface area contributed by atoms with Gasteiger partial charge in [0.15, 0.2) is 0 Å². The quantitative estimate of drug-likeness (QED) is 0.399. The van der Waals surface area contributed by atoms with Gasteiger partial charge in [-0.1, -0.05) is 24.3 Å². The number of carbonyl (C=O) groups excluding carboxylic acids is 1. The summed E-state index contributed by atoms with van der Waals surface area (Å²) >= 11 is 5.93. The number of nitrogens with zero attached hydrogens (tertiary/aromatic N) is 1. The third-order valence-electron chi connectivity index (χ3n) is 4.13. The molecular weight excluding hydrogens is 448 g/mol. The van der Waals surface area contributed by atoms with Crippen molar-refractivity contribution in [2.24, 2.45) is 0 Å². The number of halogens is 1. The number of rotatable bonds is 8. The predicted molar refractivity (Wildman–Crippen MR) is 114 cm³/mol. The molecule has 31 heavy (non-hydrogen) atoms. The molecule has 0 saturated heterocycles. The highest BCUT2D eigenvalue weighted by molar-refractivity contribution is 7.90. The largest absolute Gasteiger partial charge is 0.493 e. The minimum atomic E-state index is -4.35.